The molecule has 0 saturated heterocycles. The minimum absolute atomic E-state index is 0.128. The maximum absolute atomic E-state index is 11.0. The summed E-state index contributed by atoms with van der Waals surface area (Å²) in [7, 11) is 1.58. The van der Waals surface area contributed by atoms with Crippen LogP contribution in [-0.2, 0) is 0 Å². The van der Waals surface area contributed by atoms with Gasteiger partial charge in [-0.05, 0) is 30.3 Å². The number of methoxy groups -OCH3 is 1. The summed E-state index contributed by atoms with van der Waals surface area (Å²) in [6, 6.07) is 10.9. The van der Waals surface area contributed by atoms with E-state index in [1.165, 1.54) is 18.2 Å². The van der Waals surface area contributed by atoms with Crippen LogP contribution in [0.25, 0.3) is 0 Å². The van der Waals surface area contributed by atoms with E-state index < -0.39 is 4.92 Å². The summed E-state index contributed by atoms with van der Waals surface area (Å²) >= 11 is 0. The largest absolute Gasteiger partial charge is 0.497 e. The van der Waals surface area contributed by atoms with Crippen molar-refractivity contribution in [1.29, 1.82) is 0 Å². The third-order valence-electron chi connectivity index (χ3n) is 3.00. The van der Waals surface area contributed by atoms with Crippen LogP contribution in [-0.4, -0.2) is 31.5 Å². The molecule has 0 aliphatic heterocycles. The summed E-state index contributed by atoms with van der Waals surface area (Å²) in [4.78, 5) is 21.1. The number of nitrogens with zero attached hydrogens (tertiary/aromatic N) is 1. The Bertz CT molecular complexity index is 683. The van der Waals surface area contributed by atoms with Crippen molar-refractivity contribution < 1.29 is 23.9 Å². The number of nitro groups is 1. The van der Waals surface area contributed by atoms with E-state index in [0.717, 1.165) is 5.75 Å². The van der Waals surface area contributed by atoms with Crippen molar-refractivity contribution in [2.45, 2.75) is 0 Å². The van der Waals surface area contributed by atoms with Crippen LogP contribution in [0.1, 0.15) is 10.4 Å². The van der Waals surface area contributed by atoms with Crippen LogP contribution in [0.15, 0.2) is 42.5 Å². The van der Waals surface area contributed by atoms with Gasteiger partial charge >= 0.3 is 0 Å². The molecule has 0 fully saturated rings. The van der Waals surface area contributed by atoms with E-state index in [9.17, 15) is 14.9 Å². The molecule has 23 heavy (non-hydrogen) atoms. The lowest BCUT2D eigenvalue weighted by Crippen LogP contribution is -2.10. The Morgan fingerprint density at radius 2 is 1.70 bits per heavy atom. The SMILES string of the molecule is COc1ccc(OCCOc2ccc([N+](=O)[O-])cc2C=O)cc1. The molecule has 2 aromatic rings. The molecule has 0 amide bonds. The number of nitro benzene ring substituents is 1. The number of non-ortho nitro benzene ring substituents is 1. The first-order chi connectivity index (χ1) is 11.1. The van der Waals surface area contributed by atoms with Crippen LogP contribution in [0.5, 0.6) is 17.2 Å². The summed E-state index contributed by atoms with van der Waals surface area (Å²) in [5.41, 5.74) is -0.0300. The van der Waals surface area contributed by atoms with E-state index in [0.29, 0.717) is 12.0 Å². The fourth-order valence-electron chi connectivity index (χ4n) is 1.86. The molecule has 0 heterocycles. The molecule has 0 aliphatic rings. The number of ether oxygens (including phenoxy) is 3. The molecule has 7 heteroatoms. The zero-order valence-electron chi connectivity index (χ0n) is 12.4. The maximum atomic E-state index is 11.0. The molecular weight excluding hydrogens is 302 g/mol. The Morgan fingerprint density at radius 3 is 2.30 bits per heavy atom. The first kappa shape index (κ1) is 16.3. The lowest BCUT2D eigenvalue weighted by atomic mass is 10.2. The van der Waals surface area contributed by atoms with Gasteiger partial charge in [-0.3, -0.25) is 14.9 Å². The second kappa shape index (κ2) is 7.79. The average Bonchev–Trinajstić information content (AvgIpc) is 2.59. The van der Waals surface area contributed by atoms with Gasteiger partial charge in [0.25, 0.3) is 5.69 Å². The van der Waals surface area contributed by atoms with E-state index in [2.05, 4.69) is 0 Å². The Kier molecular flexibility index (Phi) is 5.51. The highest BCUT2D eigenvalue weighted by molar-refractivity contribution is 5.80. The lowest BCUT2D eigenvalue weighted by Gasteiger charge is -2.10. The van der Waals surface area contributed by atoms with Crippen molar-refractivity contribution in [3.63, 3.8) is 0 Å². The third-order valence-corrected chi connectivity index (χ3v) is 3.00. The van der Waals surface area contributed by atoms with Gasteiger partial charge in [-0.15, -0.1) is 0 Å². The molecule has 2 rings (SSSR count). The van der Waals surface area contributed by atoms with E-state index >= 15 is 0 Å². The van der Waals surface area contributed by atoms with Crippen LogP contribution in [0.3, 0.4) is 0 Å². The van der Waals surface area contributed by atoms with Gasteiger partial charge in [-0.2, -0.15) is 0 Å². The number of hydrogen-bond donors (Lipinski definition) is 0. The second-order valence-electron chi connectivity index (χ2n) is 4.47. The van der Waals surface area contributed by atoms with E-state index in [1.54, 1.807) is 31.4 Å². The third kappa shape index (κ3) is 4.44. The smallest absolute Gasteiger partial charge is 0.270 e. The monoisotopic (exact) mass is 317 g/mol. The van der Waals surface area contributed by atoms with Crippen molar-refractivity contribution in [2.75, 3.05) is 20.3 Å². The predicted molar refractivity (Wildman–Crippen MR) is 82.5 cm³/mol. The Hall–Kier alpha value is -3.09. The Balaban J connectivity index is 1.88. The maximum Gasteiger partial charge on any atom is 0.270 e. The van der Waals surface area contributed by atoms with Gasteiger partial charge in [0.2, 0.25) is 0 Å². The van der Waals surface area contributed by atoms with Crippen molar-refractivity contribution in [3.8, 4) is 17.2 Å². The van der Waals surface area contributed by atoms with Crippen molar-refractivity contribution in [1.82, 2.24) is 0 Å². The number of carbonyl (C=O) groups excluding carboxylic acids is 1. The highest BCUT2D eigenvalue weighted by Crippen LogP contribution is 2.23. The highest BCUT2D eigenvalue weighted by Gasteiger charge is 2.11. The van der Waals surface area contributed by atoms with Crippen molar-refractivity contribution in [3.05, 3.63) is 58.1 Å². The highest BCUT2D eigenvalue weighted by atomic mass is 16.6. The van der Waals surface area contributed by atoms with Crippen LogP contribution in [0.2, 0.25) is 0 Å². The van der Waals surface area contributed by atoms with Crippen LogP contribution in [0.4, 0.5) is 5.69 Å². The molecule has 0 bridgehead atoms. The van der Waals surface area contributed by atoms with E-state index in [-0.39, 0.29) is 30.2 Å². The van der Waals surface area contributed by atoms with Gasteiger partial charge in [-0.25, -0.2) is 0 Å². The fourth-order valence-corrected chi connectivity index (χ4v) is 1.86. The molecule has 0 atom stereocenters. The molecule has 0 saturated carbocycles. The molecule has 2 aromatic carbocycles. The molecule has 0 unspecified atom stereocenters. The molecule has 0 spiro atoms. The van der Waals surface area contributed by atoms with Crippen molar-refractivity contribution >= 4 is 12.0 Å². The number of carbonyl (C=O) groups is 1. The van der Waals surface area contributed by atoms with Gasteiger partial charge in [-0.1, -0.05) is 0 Å². The second-order valence-corrected chi connectivity index (χ2v) is 4.47. The first-order valence-corrected chi connectivity index (χ1v) is 6.77. The van der Waals surface area contributed by atoms with Gasteiger partial charge in [0.05, 0.1) is 17.6 Å². The number of rotatable bonds is 8. The molecular formula is C16H15NO6. The normalized spacial score (nSPS) is 9.96. The van der Waals surface area contributed by atoms with Gasteiger partial charge in [0.15, 0.2) is 6.29 Å². The summed E-state index contributed by atoms with van der Waals surface area (Å²) < 4.78 is 16.0. The molecule has 0 aliphatic carbocycles. The molecule has 120 valence electrons. The van der Waals surface area contributed by atoms with E-state index in [1.807, 2.05) is 0 Å². The van der Waals surface area contributed by atoms with Gasteiger partial charge < -0.3 is 14.2 Å². The summed E-state index contributed by atoms with van der Waals surface area (Å²) in [5, 5.41) is 10.7. The number of hydrogen-bond acceptors (Lipinski definition) is 6. The minimum Gasteiger partial charge on any atom is -0.497 e. The van der Waals surface area contributed by atoms with E-state index in [4.69, 9.17) is 14.2 Å². The molecule has 0 N–H and O–H groups in total. The summed E-state index contributed by atoms with van der Waals surface area (Å²) in [6.45, 7) is 0.465. The van der Waals surface area contributed by atoms with Crippen LogP contribution in [0, 0.1) is 10.1 Å². The lowest BCUT2D eigenvalue weighted by molar-refractivity contribution is -0.384. The minimum atomic E-state index is -0.566. The summed E-state index contributed by atoms with van der Waals surface area (Å²) in [5.74, 6) is 1.67. The fraction of sp³-hybridized carbons (Fsp3) is 0.188. The quantitative estimate of drug-likeness (QED) is 0.322. The number of aldehydes is 1. The number of benzene rings is 2. The van der Waals surface area contributed by atoms with Gasteiger partial charge in [0, 0.05) is 12.1 Å². The van der Waals surface area contributed by atoms with Crippen molar-refractivity contribution in [2.24, 2.45) is 0 Å². The zero-order valence-corrected chi connectivity index (χ0v) is 12.4. The Morgan fingerprint density at radius 1 is 1.04 bits per heavy atom. The first-order valence-electron chi connectivity index (χ1n) is 6.77. The predicted octanol–water partition coefficient (Wildman–Crippen LogP) is 2.87. The standard InChI is InChI=1S/C16H15NO6/c1-21-14-3-5-15(6-4-14)22-8-9-23-16-7-2-13(17(19)20)10-12(16)11-18/h2-7,10-11H,8-9H2,1H3. The van der Waals surface area contributed by atoms with Crippen LogP contribution < -0.4 is 14.2 Å². The van der Waals surface area contributed by atoms with Crippen LogP contribution >= 0.6 is 0 Å². The average molecular weight is 317 g/mol. The molecule has 7 nitrogen and oxygen atoms in total. The molecule has 0 aromatic heterocycles. The Labute approximate surface area is 132 Å². The topological polar surface area (TPSA) is 87.9 Å². The molecule has 0 radical (unpaired) electrons. The van der Waals surface area contributed by atoms with Gasteiger partial charge in [0.1, 0.15) is 30.5 Å². The summed E-state index contributed by atoms with van der Waals surface area (Å²) in [6.07, 6.45) is 0.520. The zero-order chi connectivity index (χ0) is 16.7.